The van der Waals surface area contributed by atoms with E-state index in [0.29, 0.717) is 18.4 Å². The van der Waals surface area contributed by atoms with E-state index in [2.05, 4.69) is 37.7 Å². The van der Waals surface area contributed by atoms with Gasteiger partial charge in [-0.15, -0.1) is 0 Å². The maximum atomic E-state index is 13.6. The van der Waals surface area contributed by atoms with E-state index in [1.807, 2.05) is 0 Å². The van der Waals surface area contributed by atoms with Gasteiger partial charge in [0.05, 0.1) is 0 Å². The van der Waals surface area contributed by atoms with Crippen molar-refractivity contribution in [3.05, 3.63) is 0 Å². The lowest BCUT2D eigenvalue weighted by molar-refractivity contribution is -0.162. The summed E-state index contributed by atoms with van der Waals surface area (Å²) in [5.74, 6) is 0.411. The summed E-state index contributed by atoms with van der Waals surface area (Å²) >= 11 is 0. The SMILES string of the molecule is CCCCCCCCCCN(C(=O)CCCN(C)C)C(CCCCCCCCC)CCCCCCOC1CCCCO1. The Hall–Kier alpha value is -0.650. The molecule has 1 aliphatic rings. The van der Waals surface area contributed by atoms with Gasteiger partial charge in [0.25, 0.3) is 0 Å². The highest BCUT2D eigenvalue weighted by molar-refractivity contribution is 5.76. The van der Waals surface area contributed by atoms with Crippen LogP contribution in [0, 0.1) is 0 Å². The number of nitrogens with zero attached hydrogens (tertiary/aromatic N) is 2. The molecule has 1 heterocycles. The van der Waals surface area contributed by atoms with E-state index in [1.54, 1.807) is 0 Å². The van der Waals surface area contributed by atoms with Gasteiger partial charge in [0.1, 0.15) is 0 Å². The molecule has 0 aromatic carbocycles. The third-order valence-corrected chi connectivity index (χ3v) is 9.02. The summed E-state index contributed by atoms with van der Waals surface area (Å²) in [6, 6.07) is 0.420. The minimum atomic E-state index is 0.0357. The number of carbonyl (C=O) groups is 1. The Bertz CT molecular complexity index is 579. The molecule has 1 saturated heterocycles. The first-order valence-electron chi connectivity index (χ1n) is 18.8. The number of rotatable bonds is 30. The largest absolute Gasteiger partial charge is 0.353 e. The molecule has 1 fully saturated rings. The van der Waals surface area contributed by atoms with Crippen LogP contribution in [0.15, 0.2) is 0 Å². The molecule has 0 bridgehead atoms. The Balaban J connectivity index is 2.58. The fourth-order valence-electron chi connectivity index (χ4n) is 6.30. The number of amides is 1. The highest BCUT2D eigenvalue weighted by Crippen LogP contribution is 2.22. The van der Waals surface area contributed by atoms with Crippen LogP contribution in [-0.2, 0) is 14.3 Å². The molecule has 1 amide bonds. The average Bonchev–Trinajstić information content (AvgIpc) is 2.99. The van der Waals surface area contributed by atoms with Crippen LogP contribution in [0.1, 0.15) is 181 Å². The van der Waals surface area contributed by atoms with Crippen molar-refractivity contribution >= 4 is 5.91 Å². The summed E-state index contributed by atoms with van der Waals surface area (Å²) in [4.78, 5) is 18.2. The van der Waals surface area contributed by atoms with E-state index in [0.717, 1.165) is 45.6 Å². The molecule has 5 nitrogen and oxygen atoms in total. The van der Waals surface area contributed by atoms with Crippen LogP contribution >= 0.6 is 0 Å². The lowest BCUT2D eigenvalue weighted by Crippen LogP contribution is -2.41. The molecule has 5 heteroatoms. The number of hydrogen-bond donors (Lipinski definition) is 0. The number of ether oxygens (including phenoxy) is 2. The van der Waals surface area contributed by atoms with E-state index < -0.39 is 0 Å². The maximum absolute atomic E-state index is 13.6. The molecule has 0 aromatic heterocycles. The summed E-state index contributed by atoms with van der Waals surface area (Å²) < 4.78 is 11.7. The number of hydrogen-bond acceptors (Lipinski definition) is 4. The second-order valence-corrected chi connectivity index (χ2v) is 13.4. The molecular weight excluding hydrogens is 520 g/mol. The molecule has 1 rings (SSSR count). The zero-order chi connectivity index (χ0) is 30.5. The standard InChI is InChI=1S/C37H74N2O3/c1-5-7-9-11-13-15-18-23-32-39(36(40)29-26-31-38(3)4)35(27-20-16-14-12-10-8-6-2)28-21-17-19-24-33-41-37-30-22-25-34-42-37/h35,37H,5-34H2,1-4H3. The van der Waals surface area contributed by atoms with Gasteiger partial charge in [-0.2, -0.15) is 0 Å². The zero-order valence-electron chi connectivity index (χ0n) is 29.0. The second kappa shape index (κ2) is 29.1. The van der Waals surface area contributed by atoms with Gasteiger partial charge in [-0.25, -0.2) is 0 Å². The Morgan fingerprint density at radius 1 is 0.690 bits per heavy atom. The molecule has 0 aromatic rings. The lowest BCUT2D eigenvalue weighted by atomic mass is 9.98. The average molecular weight is 595 g/mol. The predicted molar refractivity (Wildman–Crippen MR) is 181 cm³/mol. The van der Waals surface area contributed by atoms with Crippen molar-refractivity contribution in [3.63, 3.8) is 0 Å². The predicted octanol–water partition coefficient (Wildman–Crippen LogP) is 10.3. The van der Waals surface area contributed by atoms with E-state index >= 15 is 0 Å². The molecule has 0 aliphatic carbocycles. The van der Waals surface area contributed by atoms with Crippen LogP contribution in [0.5, 0.6) is 0 Å². The molecule has 250 valence electrons. The second-order valence-electron chi connectivity index (χ2n) is 13.4. The van der Waals surface area contributed by atoms with Crippen LogP contribution in [0.4, 0.5) is 0 Å². The van der Waals surface area contributed by atoms with Gasteiger partial charge in [-0.1, -0.05) is 123 Å². The van der Waals surface area contributed by atoms with Crippen molar-refractivity contribution in [1.82, 2.24) is 9.80 Å². The van der Waals surface area contributed by atoms with Crippen molar-refractivity contribution in [2.75, 3.05) is 40.4 Å². The summed E-state index contributed by atoms with van der Waals surface area (Å²) in [7, 11) is 4.22. The van der Waals surface area contributed by atoms with Crippen molar-refractivity contribution in [1.29, 1.82) is 0 Å². The Kier molecular flexibility index (Phi) is 27.3. The first-order chi connectivity index (χ1) is 20.6. The first-order valence-corrected chi connectivity index (χ1v) is 18.8. The smallest absolute Gasteiger partial charge is 0.222 e. The summed E-state index contributed by atoms with van der Waals surface area (Å²) in [6.45, 7) is 8.21. The van der Waals surface area contributed by atoms with Crippen molar-refractivity contribution in [3.8, 4) is 0 Å². The van der Waals surface area contributed by atoms with Crippen molar-refractivity contribution in [2.24, 2.45) is 0 Å². The molecule has 0 N–H and O–H groups in total. The highest BCUT2D eigenvalue weighted by Gasteiger charge is 2.23. The Labute approximate surface area is 263 Å². The van der Waals surface area contributed by atoms with Gasteiger partial charge in [-0.05, 0) is 72.0 Å². The summed E-state index contributed by atoms with van der Waals surface area (Å²) in [5.41, 5.74) is 0. The van der Waals surface area contributed by atoms with Crippen LogP contribution in [-0.4, -0.2) is 68.4 Å². The van der Waals surface area contributed by atoms with Gasteiger partial charge >= 0.3 is 0 Å². The third kappa shape index (κ3) is 22.8. The normalized spacial score (nSPS) is 16.3. The lowest BCUT2D eigenvalue weighted by Gasteiger charge is -2.33. The zero-order valence-corrected chi connectivity index (χ0v) is 29.0. The molecule has 1 aliphatic heterocycles. The van der Waals surface area contributed by atoms with Crippen molar-refractivity contribution in [2.45, 2.75) is 193 Å². The number of unbranched alkanes of at least 4 members (excludes halogenated alkanes) is 16. The maximum Gasteiger partial charge on any atom is 0.222 e. The van der Waals surface area contributed by atoms with Crippen LogP contribution in [0.2, 0.25) is 0 Å². The van der Waals surface area contributed by atoms with Crippen LogP contribution in [0.3, 0.4) is 0 Å². The molecular formula is C37H74N2O3. The van der Waals surface area contributed by atoms with Crippen LogP contribution < -0.4 is 0 Å². The summed E-state index contributed by atoms with van der Waals surface area (Å²) in [6.07, 6.45) is 32.2. The van der Waals surface area contributed by atoms with E-state index in [-0.39, 0.29) is 6.29 Å². The molecule has 0 saturated carbocycles. The van der Waals surface area contributed by atoms with Crippen LogP contribution in [0.25, 0.3) is 0 Å². The van der Waals surface area contributed by atoms with Gasteiger partial charge in [-0.3, -0.25) is 4.79 Å². The minimum absolute atomic E-state index is 0.0357. The molecule has 0 spiro atoms. The van der Waals surface area contributed by atoms with E-state index in [9.17, 15) is 4.79 Å². The van der Waals surface area contributed by atoms with Gasteiger partial charge in [0, 0.05) is 32.2 Å². The monoisotopic (exact) mass is 595 g/mol. The van der Waals surface area contributed by atoms with E-state index in [4.69, 9.17) is 9.47 Å². The fourth-order valence-corrected chi connectivity index (χ4v) is 6.30. The minimum Gasteiger partial charge on any atom is -0.353 e. The highest BCUT2D eigenvalue weighted by atomic mass is 16.7. The third-order valence-electron chi connectivity index (χ3n) is 9.02. The number of carbonyl (C=O) groups excluding carboxylic acids is 1. The molecule has 2 atom stereocenters. The van der Waals surface area contributed by atoms with Gasteiger partial charge in [0.2, 0.25) is 5.91 Å². The Morgan fingerprint density at radius 2 is 1.24 bits per heavy atom. The van der Waals surface area contributed by atoms with Gasteiger partial charge < -0.3 is 19.3 Å². The summed E-state index contributed by atoms with van der Waals surface area (Å²) in [5, 5.41) is 0. The van der Waals surface area contributed by atoms with Gasteiger partial charge in [0.15, 0.2) is 6.29 Å². The van der Waals surface area contributed by atoms with E-state index in [1.165, 1.54) is 141 Å². The molecule has 2 unspecified atom stereocenters. The molecule has 0 radical (unpaired) electrons. The fraction of sp³-hybridized carbons (Fsp3) is 0.973. The molecule has 42 heavy (non-hydrogen) atoms. The quantitative estimate of drug-likeness (QED) is 0.0776. The Morgan fingerprint density at radius 3 is 1.79 bits per heavy atom. The first kappa shape index (κ1) is 39.4. The topological polar surface area (TPSA) is 42.0 Å². The van der Waals surface area contributed by atoms with Crippen molar-refractivity contribution < 1.29 is 14.3 Å².